The van der Waals surface area contributed by atoms with E-state index >= 15 is 4.39 Å². The zero-order chi connectivity index (χ0) is 27.1. The smallest absolute Gasteiger partial charge is 0.324 e. The molecule has 2 fully saturated rings. The number of anilines is 2. The summed E-state index contributed by atoms with van der Waals surface area (Å²) in [6.45, 7) is 4.45. The third kappa shape index (κ3) is 4.66. The van der Waals surface area contributed by atoms with Crippen molar-refractivity contribution in [1.29, 1.82) is 0 Å². The summed E-state index contributed by atoms with van der Waals surface area (Å²) < 4.78 is 17.0. The van der Waals surface area contributed by atoms with E-state index < -0.39 is 5.82 Å². The molecule has 6 rings (SSSR count). The Bertz CT molecular complexity index is 1540. The first kappa shape index (κ1) is 25.1. The Morgan fingerprint density at radius 2 is 1.77 bits per heavy atom. The number of phenols is 1. The van der Waals surface area contributed by atoms with Gasteiger partial charge in [0.1, 0.15) is 11.6 Å². The summed E-state index contributed by atoms with van der Waals surface area (Å²) in [6, 6.07) is 11.5. The van der Waals surface area contributed by atoms with Gasteiger partial charge in [-0.3, -0.25) is 14.9 Å². The van der Waals surface area contributed by atoms with E-state index in [-0.39, 0.29) is 11.8 Å². The van der Waals surface area contributed by atoms with Crippen molar-refractivity contribution in [2.24, 2.45) is 0 Å². The summed E-state index contributed by atoms with van der Waals surface area (Å²) in [4.78, 5) is 17.9. The van der Waals surface area contributed by atoms with Gasteiger partial charge in [-0.1, -0.05) is 17.7 Å². The number of aromatic hydroxyl groups is 1. The van der Waals surface area contributed by atoms with Crippen LogP contribution in [0.2, 0.25) is 5.02 Å². The van der Waals surface area contributed by atoms with E-state index in [2.05, 4.69) is 20.4 Å². The molecule has 0 spiro atoms. The number of hydrogen-bond donors (Lipinski definition) is 3. The van der Waals surface area contributed by atoms with Crippen molar-refractivity contribution in [2.45, 2.75) is 0 Å². The average Bonchev–Trinajstić information content (AvgIpc) is 3.60. The van der Waals surface area contributed by atoms with Gasteiger partial charge in [-0.2, -0.15) is 9.67 Å². The number of likely N-dealkylation sites (N-methyl/N-ethyl adjacent to an activating group) is 1. The molecule has 0 bridgehead atoms. The lowest BCUT2D eigenvalue weighted by atomic mass is 9.97. The molecule has 11 heteroatoms. The van der Waals surface area contributed by atoms with E-state index in [9.17, 15) is 9.90 Å². The quantitative estimate of drug-likeness (QED) is 0.330. The number of hydrogen-bond acceptors (Lipinski definition) is 5. The fourth-order valence-electron chi connectivity index (χ4n) is 5.19. The highest BCUT2D eigenvalue weighted by molar-refractivity contribution is 6.34. The van der Waals surface area contributed by atoms with Gasteiger partial charge in [-0.25, -0.2) is 9.18 Å². The van der Waals surface area contributed by atoms with Gasteiger partial charge in [0.25, 0.3) is 5.82 Å². The number of pyridine rings is 1. The van der Waals surface area contributed by atoms with Gasteiger partial charge < -0.3 is 15.3 Å². The number of nitrogens with one attached hydrogen (secondary N) is 2. The maximum absolute atomic E-state index is 15.0. The van der Waals surface area contributed by atoms with Crippen LogP contribution in [0.1, 0.15) is 0 Å². The SMILES string of the molecule is CN1CCN(c2ccc(-c3cc(F)cc(-c4cc[n+](-c5cn[nH]c5)c(N5CCNCC5)c4)c3O)cc2Cl)C1=O. The topological polar surface area (TPSA) is 91.6 Å². The minimum Gasteiger partial charge on any atom is -0.507 e. The van der Waals surface area contributed by atoms with Gasteiger partial charge in [0, 0.05) is 50.4 Å². The van der Waals surface area contributed by atoms with Crippen molar-refractivity contribution in [3.8, 4) is 33.7 Å². The molecule has 4 heterocycles. The van der Waals surface area contributed by atoms with E-state index in [4.69, 9.17) is 11.6 Å². The van der Waals surface area contributed by atoms with Crippen molar-refractivity contribution < 1.29 is 18.9 Å². The highest BCUT2D eigenvalue weighted by Gasteiger charge is 2.29. The van der Waals surface area contributed by atoms with Crippen molar-refractivity contribution in [2.75, 3.05) is 56.1 Å². The van der Waals surface area contributed by atoms with Crippen LogP contribution < -0.4 is 19.7 Å². The first-order valence-electron chi connectivity index (χ1n) is 12.8. The van der Waals surface area contributed by atoms with Gasteiger partial charge in [0.15, 0.2) is 5.69 Å². The Hall–Kier alpha value is -4.15. The number of rotatable bonds is 5. The first-order chi connectivity index (χ1) is 18.9. The zero-order valence-electron chi connectivity index (χ0n) is 21.4. The Morgan fingerprint density at radius 1 is 1.03 bits per heavy atom. The van der Waals surface area contributed by atoms with Gasteiger partial charge in [-0.05, 0) is 41.5 Å². The fraction of sp³-hybridized carbons (Fsp3) is 0.250. The highest BCUT2D eigenvalue weighted by Crippen LogP contribution is 2.41. The molecule has 0 radical (unpaired) electrons. The summed E-state index contributed by atoms with van der Waals surface area (Å²) >= 11 is 6.59. The Labute approximate surface area is 230 Å². The van der Waals surface area contributed by atoms with Crippen LogP contribution in [0.3, 0.4) is 0 Å². The fourth-order valence-corrected chi connectivity index (χ4v) is 5.47. The van der Waals surface area contributed by atoms with Crippen molar-refractivity contribution >= 4 is 29.1 Å². The molecular weight excluding hydrogens is 521 g/mol. The number of carbonyl (C=O) groups excluding carboxylic acids is 1. The normalized spacial score (nSPS) is 15.9. The molecule has 0 unspecified atom stereocenters. The lowest BCUT2D eigenvalue weighted by molar-refractivity contribution is -0.582. The monoisotopic (exact) mass is 548 g/mol. The van der Waals surface area contributed by atoms with Crippen molar-refractivity contribution in [3.05, 3.63) is 71.9 Å². The van der Waals surface area contributed by atoms with Crippen molar-refractivity contribution in [1.82, 2.24) is 20.4 Å². The van der Waals surface area contributed by atoms with Crippen LogP contribution in [0, 0.1) is 5.82 Å². The number of benzene rings is 2. The number of carbonyl (C=O) groups is 1. The van der Waals surface area contributed by atoms with Crippen LogP contribution in [-0.2, 0) is 0 Å². The molecular formula is C28H28ClFN7O2+. The second-order valence-corrected chi connectivity index (χ2v) is 10.1. The average molecular weight is 549 g/mol. The number of halogens is 2. The number of nitrogens with zero attached hydrogens (tertiary/aromatic N) is 5. The van der Waals surface area contributed by atoms with Gasteiger partial charge in [-0.15, -0.1) is 0 Å². The molecule has 2 amide bonds. The summed E-state index contributed by atoms with van der Waals surface area (Å²) in [5, 5.41) is 22.0. The van der Waals surface area contributed by atoms with Gasteiger partial charge >= 0.3 is 6.03 Å². The Balaban J connectivity index is 1.41. The van der Waals surface area contributed by atoms with Crippen molar-refractivity contribution in [3.63, 3.8) is 0 Å². The van der Waals surface area contributed by atoms with E-state index in [0.717, 1.165) is 37.7 Å². The standard InChI is InChI=1S/C28H27ClFN7O2/c1-34-10-11-37(28(34)39)25-3-2-18(12-24(25)29)22-14-20(30)15-23(27(22)38)19-4-7-36(21-16-32-33-17-21)26(13-19)35-8-5-31-6-9-35/h2-4,7,12-17,31H,5-6,8-11H2,1H3,(H,32,33)/p+1. The highest BCUT2D eigenvalue weighted by atomic mass is 35.5. The van der Waals surface area contributed by atoms with Crippen LogP contribution in [-0.4, -0.2) is 72.6 Å². The Kier molecular flexibility index (Phi) is 6.58. The summed E-state index contributed by atoms with van der Waals surface area (Å²) in [5.41, 5.74) is 3.37. The number of phenolic OH excluding ortho intramolecular Hbond substituents is 1. The minimum atomic E-state index is -0.482. The molecule has 0 atom stereocenters. The molecule has 2 aliphatic rings. The second kappa shape index (κ2) is 10.2. The maximum atomic E-state index is 15.0. The van der Waals surface area contributed by atoms with E-state index in [1.54, 1.807) is 41.2 Å². The number of urea groups is 1. The van der Waals surface area contributed by atoms with Gasteiger partial charge in [0.05, 0.1) is 42.4 Å². The molecule has 4 aromatic rings. The molecule has 2 saturated heterocycles. The number of aromatic nitrogens is 3. The molecule has 2 aromatic carbocycles. The summed E-state index contributed by atoms with van der Waals surface area (Å²) in [6.07, 6.45) is 5.45. The lowest BCUT2D eigenvalue weighted by Gasteiger charge is -2.24. The van der Waals surface area contributed by atoms with Crippen LogP contribution in [0.25, 0.3) is 27.9 Å². The number of amides is 2. The predicted molar refractivity (Wildman–Crippen MR) is 148 cm³/mol. The predicted octanol–water partition coefficient (Wildman–Crippen LogP) is 3.80. The first-order valence-corrected chi connectivity index (χ1v) is 13.1. The largest absolute Gasteiger partial charge is 0.507 e. The molecule has 39 heavy (non-hydrogen) atoms. The third-order valence-corrected chi connectivity index (χ3v) is 7.59. The molecule has 0 saturated carbocycles. The van der Waals surface area contributed by atoms with Crippen LogP contribution in [0.5, 0.6) is 5.75 Å². The van der Waals surface area contributed by atoms with Gasteiger partial charge in [0.2, 0.25) is 0 Å². The van der Waals surface area contributed by atoms with Crippen LogP contribution in [0.4, 0.5) is 20.7 Å². The number of piperazine rings is 1. The lowest BCUT2D eigenvalue weighted by Crippen LogP contribution is -2.49. The second-order valence-electron chi connectivity index (χ2n) is 9.71. The summed E-state index contributed by atoms with van der Waals surface area (Å²) in [7, 11) is 1.74. The molecule has 2 aromatic heterocycles. The zero-order valence-corrected chi connectivity index (χ0v) is 22.1. The molecule has 200 valence electrons. The molecule has 0 aliphatic carbocycles. The molecule has 3 N–H and O–H groups in total. The maximum Gasteiger partial charge on any atom is 0.324 e. The van der Waals surface area contributed by atoms with Crippen LogP contribution in [0.15, 0.2) is 61.1 Å². The third-order valence-electron chi connectivity index (χ3n) is 7.29. The van der Waals surface area contributed by atoms with E-state index in [1.807, 2.05) is 29.1 Å². The molecule has 2 aliphatic heterocycles. The molecule has 9 nitrogen and oxygen atoms in total. The number of H-pyrrole nitrogens is 1. The minimum absolute atomic E-state index is 0.0514. The Morgan fingerprint density at radius 3 is 2.41 bits per heavy atom. The van der Waals surface area contributed by atoms with E-state index in [0.29, 0.717) is 46.1 Å². The van der Waals surface area contributed by atoms with Crippen LogP contribution >= 0.6 is 11.6 Å². The number of aromatic amines is 1. The summed E-state index contributed by atoms with van der Waals surface area (Å²) in [5.74, 6) is 0.377. The van der Waals surface area contributed by atoms with E-state index in [1.165, 1.54) is 12.1 Å².